The van der Waals surface area contributed by atoms with Gasteiger partial charge in [-0.3, -0.25) is 0 Å². The van der Waals surface area contributed by atoms with Gasteiger partial charge in [-0.2, -0.15) is 0 Å². The Morgan fingerprint density at radius 1 is 0.793 bits per heavy atom. The molecule has 0 unspecified atom stereocenters. The standard InChI is InChI=1S/C23H32O4S.Na/c1-2-3-4-5-6-7-8-9-11-14-20-17-18-22(19-23(20)28(24,25)26)27-21-15-12-10-13-16-21;/h10,12-13,15-19H,2-9,11,14H2,1H3,(H,24,25,26);/q;+1/p-1. The summed E-state index contributed by atoms with van der Waals surface area (Å²) in [4.78, 5) is -0.166. The second kappa shape index (κ2) is 14.2. The van der Waals surface area contributed by atoms with Crippen molar-refractivity contribution in [3.05, 3.63) is 54.1 Å². The van der Waals surface area contributed by atoms with Crippen LogP contribution in [-0.2, 0) is 16.5 Å². The number of hydrogen-bond donors (Lipinski definition) is 0. The minimum Gasteiger partial charge on any atom is -0.744 e. The third-order valence-corrected chi connectivity index (χ3v) is 5.76. The number of ether oxygens (including phenoxy) is 1. The van der Waals surface area contributed by atoms with E-state index in [1.807, 2.05) is 18.2 Å². The molecule has 0 heterocycles. The minimum absolute atomic E-state index is 0. The van der Waals surface area contributed by atoms with E-state index in [9.17, 15) is 13.0 Å². The molecule has 4 nitrogen and oxygen atoms in total. The van der Waals surface area contributed by atoms with E-state index in [0.717, 1.165) is 19.3 Å². The van der Waals surface area contributed by atoms with Gasteiger partial charge in [0.25, 0.3) is 0 Å². The number of unbranched alkanes of at least 4 members (excludes halogenated alkanes) is 8. The van der Waals surface area contributed by atoms with Crippen LogP contribution < -0.4 is 34.3 Å². The van der Waals surface area contributed by atoms with Crippen molar-refractivity contribution in [2.75, 3.05) is 0 Å². The van der Waals surface area contributed by atoms with E-state index in [1.54, 1.807) is 24.3 Å². The Kier molecular flexibility index (Phi) is 12.8. The molecule has 0 atom stereocenters. The van der Waals surface area contributed by atoms with Gasteiger partial charge in [0.05, 0.1) is 4.90 Å². The summed E-state index contributed by atoms with van der Waals surface area (Å²) in [5, 5.41) is 0. The zero-order chi connectivity index (χ0) is 20.2. The first-order chi connectivity index (χ1) is 13.5. The molecule has 0 spiro atoms. The number of rotatable bonds is 13. The summed E-state index contributed by atoms with van der Waals surface area (Å²) in [6.45, 7) is 2.22. The average molecular weight is 427 g/mol. The van der Waals surface area contributed by atoms with Gasteiger partial charge in [0.2, 0.25) is 0 Å². The molecule has 0 saturated carbocycles. The molecule has 154 valence electrons. The molecule has 2 aromatic carbocycles. The molecule has 0 fully saturated rings. The maximum atomic E-state index is 11.7. The molecule has 6 heteroatoms. The first kappa shape index (κ1) is 26.2. The number of hydrogen-bond acceptors (Lipinski definition) is 4. The Morgan fingerprint density at radius 2 is 1.38 bits per heavy atom. The molecule has 0 bridgehead atoms. The van der Waals surface area contributed by atoms with Gasteiger partial charge in [-0.15, -0.1) is 0 Å². The Hall–Kier alpha value is -0.850. The molecule has 0 saturated heterocycles. The molecule has 0 aromatic heterocycles. The van der Waals surface area contributed by atoms with Gasteiger partial charge in [0.1, 0.15) is 21.6 Å². The first-order valence-electron chi connectivity index (χ1n) is 10.3. The van der Waals surface area contributed by atoms with Crippen LogP contribution in [0.3, 0.4) is 0 Å². The topological polar surface area (TPSA) is 66.4 Å². The predicted molar refractivity (Wildman–Crippen MR) is 112 cm³/mol. The van der Waals surface area contributed by atoms with Crippen molar-refractivity contribution in [2.45, 2.75) is 76.0 Å². The maximum absolute atomic E-state index is 11.7. The molecule has 29 heavy (non-hydrogen) atoms. The van der Waals surface area contributed by atoms with Crippen LogP contribution in [0.1, 0.15) is 70.3 Å². The Balaban J connectivity index is 0.00000420. The molecular weight excluding hydrogens is 395 g/mol. The molecule has 0 radical (unpaired) electrons. The average Bonchev–Trinajstić information content (AvgIpc) is 2.67. The van der Waals surface area contributed by atoms with Crippen molar-refractivity contribution in [3.63, 3.8) is 0 Å². The van der Waals surface area contributed by atoms with Crippen LogP contribution in [-0.4, -0.2) is 13.0 Å². The van der Waals surface area contributed by atoms with Gasteiger partial charge in [-0.25, -0.2) is 8.42 Å². The predicted octanol–water partition coefficient (Wildman–Crippen LogP) is 3.46. The monoisotopic (exact) mass is 426 g/mol. The Morgan fingerprint density at radius 3 is 1.97 bits per heavy atom. The summed E-state index contributed by atoms with van der Waals surface area (Å²) in [5.41, 5.74) is 0.582. The van der Waals surface area contributed by atoms with Crippen molar-refractivity contribution >= 4 is 10.1 Å². The van der Waals surface area contributed by atoms with E-state index in [2.05, 4.69) is 6.92 Å². The summed E-state index contributed by atoms with van der Waals surface area (Å²) in [6.07, 6.45) is 11.4. The number of aryl methyl sites for hydroxylation is 1. The first-order valence-corrected chi connectivity index (χ1v) is 11.7. The maximum Gasteiger partial charge on any atom is 1.00 e. The summed E-state index contributed by atoms with van der Waals surface area (Å²) < 4.78 is 40.8. The third-order valence-electron chi connectivity index (χ3n) is 4.84. The van der Waals surface area contributed by atoms with E-state index >= 15 is 0 Å². The molecule has 0 N–H and O–H groups in total. The summed E-state index contributed by atoms with van der Waals surface area (Å²) in [6, 6.07) is 13.9. The van der Waals surface area contributed by atoms with Crippen LogP contribution in [0.2, 0.25) is 0 Å². The van der Waals surface area contributed by atoms with Crippen LogP contribution in [0.15, 0.2) is 53.4 Å². The van der Waals surface area contributed by atoms with Crippen molar-refractivity contribution in [2.24, 2.45) is 0 Å². The smallest absolute Gasteiger partial charge is 0.744 e. The summed E-state index contributed by atoms with van der Waals surface area (Å²) >= 11 is 0. The van der Waals surface area contributed by atoms with E-state index in [0.29, 0.717) is 23.5 Å². The van der Waals surface area contributed by atoms with Gasteiger partial charge in [-0.1, -0.05) is 82.6 Å². The van der Waals surface area contributed by atoms with Crippen molar-refractivity contribution < 1.29 is 47.3 Å². The SMILES string of the molecule is CCCCCCCCCCCc1ccc(Oc2ccccc2)cc1S(=O)(=O)[O-].[Na+]. The van der Waals surface area contributed by atoms with Gasteiger partial charge in [0.15, 0.2) is 0 Å². The Labute approximate surface area is 198 Å². The van der Waals surface area contributed by atoms with Gasteiger partial charge in [-0.05, 0) is 42.7 Å². The normalized spacial score (nSPS) is 11.1. The molecule has 0 amide bonds. The van der Waals surface area contributed by atoms with E-state index in [-0.39, 0.29) is 34.5 Å². The summed E-state index contributed by atoms with van der Waals surface area (Å²) in [7, 11) is -4.54. The van der Waals surface area contributed by atoms with E-state index < -0.39 is 10.1 Å². The second-order valence-corrected chi connectivity index (χ2v) is 8.57. The van der Waals surface area contributed by atoms with Crippen LogP contribution >= 0.6 is 0 Å². The third kappa shape index (κ3) is 10.1. The minimum atomic E-state index is -4.54. The number of benzene rings is 2. The second-order valence-electron chi connectivity index (χ2n) is 7.22. The summed E-state index contributed by atoms with van der Waals surface area (Å²) in [5.74, 6) is 0.958. The fourth-order valence-corrected chi connectivity index (χ4v) is 4.04. The fourth-order valence-electron chi connectivity index (χ4n) is 3.29. The van der Waals surface area contributed by atoms with E-state index in [4.69, 9.17) is 4.74 Å². The van der Waals surface area contributed by atoms with Crippen LogP contribution in [0, 0.1) is 0 Å². The largest absolute Gasteiger partial charge is 1.00 e. The molecule has 2 aromatic rings. The van der Waals surface area contributed by atoms with Gasteiger partial charge in [0, 0.05) is 0 Å². The van der Waals surface area contributed by atoms with Crippen molar-refractivity contribution in [1.82, 2.24) is 0 Å². The van der Waals surface area contributed by atoms with Gasteiger partial charge < -0.3 is 9.29 Å². The Bertz CT molecular complexity index is 807. The molecule has 0 aliphatic carbocycles. The molecule has 0 aliphatic heterocycles. The van der Waals surface area contributed by atoms with Crippen LogP contribution in [0.25, 0.3) is 0 Å². The van der Waals surface area contributed by atoms with Crippen LogP contribution in [0.5, 0.6) is 11.5 Å². The van der Waals surface area contributed by atoms with Crippen molar-refractivity contribution in [1.29, 1.82) is 0 Å². The van der Waals surface area contributed by atoms with Crippen LogP contribution in [0.4, 0.5) is 0 Å². The molecule has 0 aliphatic rings. The van der Waals surface area contributed by atoms with Crippen molar-refractivity contribution in [3.8, 4) is 11.5 Å². The van der Waals surface area contributed by atoms with Gasteiger partial charge >= 0.3 is 29.6 Å². The quantitative estimate of drug-likeness (QED) is 0.279. The molecular formula is C23H31NaO4S. The zero-order valence-electron chi connectivity index (χ0n) is 17.7. The fraction of sp³-hybridized carbons (Fsp3) is 0.478. The molecule has 2 rings (SSSR count). The number of para-hydroxylation sites is 1. The van der Waals surface area contributed by atoms with E-state index in [1.165, 1.54) is 44.6 Å². The zero-order valence-corrected chi connectivity index (χ0v) is 20.5.